The molecule has 280 valence electrons. The van der Waals surface area contributed by atoms with Crippen molar-refractivity contribution in [2.75, 3.05) is 7.11 Å². The number of hydrogen-bond acceptors (Lipinski definition) is 7. The van der Waals surface area contributed by atoms with Crippen LogP contribution in [0.3, 0.4) is 0 Å². The molecular formula is C46H54O7. The van der Waals surface area contributed by atoms with E-state index >= 15 is 0 Å². The largest absolute Gasteiger partial charge is 0.508 e. The molecule has 53 heavy (non-hydrogen) atoms. The Labute approximate surface area is 315 Å². The maximum atomic E-state index is 11.3. The minimum Gasteiger partial charge on any atom is -0.508 e. The van der Waals surface area contributed by atoms with Crippen molar-refractivity contribution in [2.45, 2.75) is 86.4 Å². The minimum atomic E-state index is -0.183. The van der Waals surface area contributed by atoms with Crippen LogP contribution in [0.15, 0.2) is 97.1 Å². The summed E-state index contributed by atoms with van der Waals surface area (Å²) in [4.78, 5) is 21.8. The molecule has 5 rings (SSSR count). The van der Waals surface area contributed by atoms with Gasteiger partial charge in [0.25, 0.3) is 0 Å². The lowest BCUT2D eigenvalue weighted by atomic mass is 9.95. The molecule has 5 aromatic rings. The zero-order chi connectivity index (χ0) is 39.1. The molecule has 0 aliphatic rings. The number of aldehydes is 2. The van der Waals surface area contributed by atoms with Gasteiger partial charge in [-0.15, -0.1) is 0 Å². The van der Waals surface area contributed by atoms with Crippen molar-refractivity contribution >= 4 is 12.6 Å². The molecule has 0 aromatic heterocycles. The summed E-state index contributed by atoms with van der Waals surface area (Å²) >= 11 is 0. The molecule has 0 saturated heterocycles. The average molecular weight is 719 g/mol. The van der Waals surface area contributed by atoms with Crippen LogP contribution in [-0.2, 0) is 13.2 Å². The van der Waals surface area contributed by atoms with Gasteiger partial charge < -0.3 is 24.4 Å². The summed E-state index contributed by atoms with van der Waals surface area (Å²) in [5.74, 6) is 3.31. The standard InChI is InChI=1S/C19H22O3.C17H20O.C10H12O3/c1-13(2)18-10-16(11-20)19(9-14(18)3)22-12-15-5-7-17(21-4)8-6-15;1-13(2)17-10-9-16(11-14(17)3)18-12-15-7-5-4-6-8-15;1-6(2)8-3-7(5-11)9(12)4-10(8)13/h5-11,13H,12H2,1-4H3;4-11,13H,12H2,1-3H3;3-6,12-13H,1-2H3. The van der Waals surface area contributed by atoms with E-state index in [1.165, 1.54) is 34.4 Å². The third kappa shape index (κ3) is 12.6. The number of benzene rings is 5. The van der Waals surface area contributed by atoms with Crippen molar-refractivity contribution in [1.29, 1.82) is 0 Å². The van der Waals surface area contributed by atoms with Crippen molar-refractivity contribution in [3.63, 3.8) is 0 Å². The van der Waals surface area contributed by atoms with Crippen molar-refractivity contribution in [2.24, 2.45) is 0 Å². The van der Waals surface area contributed by atoms with Gasteiger partial charge in [-0.25, -0.2) is 0 Å². The molecule has 0 spiro atoms. The number of methoxy groups -OCH3 is 1. The van der Waals surface area contributed by atoms with Gasteiger partial charge in [-0.1, -0.05) is 90.1 Å². The molecule has 0 amide bonds. The second-order valence-electron chi connectivity index (χ2n) is 13.8. The van der Waals surface area contributed by atoms with E-state index in [4.69, 9.17) is 14.2 Å². The van der Waals surface area contributed by atoms with Gasteiger partial charge in [0.1, 0.15) is 42.0 Å². The normalized spacial score (nSPS) is 10.6. The zero-order valence-corrected chi connectivity index (χ0v) is 32.5. The first-order valence-electron chi connectivity index (χ1n) is 17.9. The molecule has 0 radical (unpaired) electrons. The molecular weight excluding hydrogens is 664 g/mol. The van der Waals surface area contributed by atoms with E-state index in [1.807, 2.05) is 75.4 Å². The van der Waals surface area contributed by atoms with E-state index in [-0.39, 0.29) is 23.0 Å². The Hall–Kier alpha value is -5.56. The third-order valence-electron chi connectivity index (χ3n) is 8.74. The van der Waals surface area contributed by atoms with E-state index in [0.717, 1.165) is 28.9 Å². The molecule has 7 nitrogen and oxygen atoms in total. The predicted molar refractivity (Wildman–Crippen MR) is 213 cm³/mol. The van der Waals surface area contributed by atoms with Gasteiger partial charge in [0, 0.05) is 6.07 Å². The highest BCUT2D eigenvalue weighted by molar-refractivity contribution is 5.81. The van der Waals surface area contributed by atoms with Crippen molar-refractivity contribution < 1.29 is 34.0 Å². The van der Waals surface area contributed by atoms with Gasteiger partial charge in [-0.3, -0.25) is 9.59 Å². The summed E-state index contributed by atoms with van der Waals surface area (Å²) in [5.41, 5.74) is 8.72. The van der Waals surface area contributed by atoms with E-state index in [1.54, 1.807) is 7.11 Å². The first kappa shape index (κ1) is 41.9. The number of carbonyl (C=O) groups excluding carboxylic acids is 2. The molecule has 5 aromatic carbocycles. The van der Waals surface area contributed by atoms with Gasteiger partial charge in [-0.2, -0.15) is 0 Å². The second-order valence-corrected chi connectivity index (χ2v) is 13.8. The fourth-order valence-corrected chi connectivity index (χ4v) is 5.73. The number of ether oxygens (including phenoxy) is 3. The van der Waals surface area contributed by atoms with Crippen LogP contribution in [0.4, 0.5) is 0 Å². The number of hydrogen-bond donors (Lipinski definition) is 2. The number of carbonyl (C=O) groups is 2. The monoisotopic (exact) mass is 718 g/mol. The van der Waals surface area contributed by atoms with E-state index in [2.05, 4.69) is 65.0 Å². The minimum absolute atomic E-state index is 0.0260. The molecule has 0 aliphatic carbocycles. The predicted octanol–water partition coefficient (Wildman–Crippen LogP) is 11.2. The zero-order valence-electron chi connectivity index (χ0n) is 32.5. The molecule has 0 saturated carbocycles. The fraction of sp³-hybridized carbons (Fsp3) is 0.304. The Bertz CT molecular complexity index is 1910. The van der Waals surface area contributed by atoms with Crippen molar-refractivity contribution in [3.8, 4) is 28.7 Å². The van der Waals surface area contributed by atoms with Crippen LogP contribution in [0.2, 0.25) is 0 Å². The quantitative estimate of drug-likeness (QED) is 0.124. The lowest BCUT2D eigenvalue weighted by molar-refractivity contribution is 0.111. The first-order valence-corrected chi connectivity index (χ1v) is 17.9. The maximum Gasteiger partial charge on any atom is 0.153 e. The van der Waals surface area contributed by atoms with Crippen LogP contribution < -0.4 is 14.2 Å². The Morgan fingerprint density at radius 2 is 1.08 bits per heavy atom. The summed E-state index contributed by atoms with van der Waals surface area (Å²) in [5, 5.41) is 18.6. The molecule has 0 heterocycles. The number of aryl methyl sites for hydroxylation is 2. The summed E-state index contributed by atoms with van der Waals surface area (Å²) in [6, 6.07) is 30.9. The van der Waals surface area contributed by atoms with Crippen LogP contribution in [-0.4, -0.2) is 29.9 Å². The van der Waals surface area contributed by atoms with Crippen molar-refractivity contribution in [3.05, 3.63) is 147 Å². The van der Waals surface area contributed by atoms with Gasteiger partial charge in [0.05, 0.1) is 18.2 Å². The van der Waals surface area contributed by atoms with Crippen LogP contribution in [0.1, 0.15) is 119 Å². The van der Waals surface area contributed by atoms with E-state index < -0.39 is 0 Å². The highest BCUT2D eigenvalue weighted by atomic mass is 16.5. The first-order chi connectivity index (χ1) is 25.3. The fourth-order valence-electron chi connectivity index (χ4n) is 5.73. The Morgan fingerprint density at radius 1 is 0.547 bits per heavy atom. The lowest BCUT2D eigenvalue weighted by Gasteiger charge is -2.15. The molecule has 7 heteroatoms. The molecule has 0 aliphatic heterocycles. The smallest absolute Gasteiger partial charge is 0.153 e. The summed E-state index contributed by atoms with van der Waals surface area (Å²) in [6.45, 7) is 17.7. The Balaban J connectivity index is 0.000000221. The topological polar surface area (TPSA) is 102 Å². The molecule has 0 atom stereocenters. The molecule has 0 bridgehead atoms. The Morgan fingerprint density at radius 3 is 1.62 bits per heavy atom. The SMILES string of the molecule is CC(C)c1cc(C=O)c(O)cc1O.COc1ccc(COc2cc(C)c(C(C)C)cc2C=O)cc1.Cc1cc(OCc2ccccc2)ccc1C(C)C. The lowest BCUT2D eigenvalue weighted by Crippen LogP contribution is -2.02. The van der Waals surface area contributed by atoms with Crippen LogP contribution >= 0.6 is 0 Å². The van der Waals surface area contributed by atoms with Crippen molar-refractivity contribution in [1.82, 2.24) is 0 Å². The number of aromatic hydroxyl groups is 2. The second kappa shape index (κ2) is 20.5. The average Bonchev–Trinajstić information content (AvgIpc) is 3.14. The third-order valence-corrected chi connectivity index (χ3v) is 8.74. The van der Waals surface area contributed by atoms with Crippen LogP contribution in [0, 0.1) is 13.8 Å². The molecule has 2 N–H and O–H groups in total. The van der Waals surface area contributed by atoms with Gasteiger partial charge >= 0.3 is 0 Å². The van der Waals surface area contributed by atoms with Gasteiger partial charge in [-0.05, 0) is 113 Å². The maximum absolute atomic E-state index is 11.3. The highest BCUT2D eigenvalue weighted by Gasteiger charge is 2.12. The van der Waals surface area contributed by atoms with E-state index in [9.17, 15) is 19.8 Å². The number of rotatable bonds is 12. The van der Waals surface area contributed by atoms with E-state index in [0.29, 0.717) is 48.2 Å². The van der Waals surface area contributed by atoms with Gasteiger partial charge in [0.2, 0.25) is 0 Å². The molecule has 0 fully saturated rings. The van der Waals surface area contributed by atoms with Gasteiger partial charge in [0.15, 0.2) is 12.6 Å². The number of phenolic OH excluding ortho intramolecular Hbond substituents is 2. The van der Waals surface area contributed by atoms with Crippen LogP contribution in [0.5, 0.6) is 28.7 Å². The number of phenols is 2. The summed E-state index contributed by atoms with van der Waals surface area (Å²) < 4.78 is 16.8. The molecule has 0 unspecified atom stereocenters. The summed E-state index contributed by atoms with van der Waals surface area (Å²) in [7, 11) is 1.64. The summed E-state index contributed by atoms with van der Waals surface area (Å²) in [6.07, 6.45) is 1.43. The highest BCUT2D eigenvalue weighted by Crippen LogP contribution is 2.31. The Kier molecular flexibility index (Phi) is 16.2. The van der Waals surface area contributed by atoms with Crippen LogP contribution in [0.25, 0.3) is 0 Å².